The first kappa shape index (κ1) is 13.9. The van der Waals surface area contributed by atoms with Crippen molar-refractivity contribution in [2.45, 2.75) is 12.8 Å². The predicted octanol–water partition coefficient (Wildman–Crippen LogP) is 2.82. The van der Waals surface area contributed by atoms with Gasteiger partial charge in [-0.2, -0.15) is 0 Å². The molecule has 0 saturated heterocycles. The first-order chi connectivity index (χ1) is 9.69. The summed E-state index contributed by atoms with van der Waals surface area (Å²) in [4.78, 5) is 11.8. The van der Waals surface area contributed by atoms with Gasteiger partial charge in [-0.1, -0.05) is 18.2 Å². The van der Waals surface area contributed by atoms with E-state index in [9.17, 15) is 4.79 Å². The molecule has 4 heteroatoms. The van der Waals surface area contributed by atoms with E-state index in [1.165, 1.54) is 0 Å². The molecule has 2 rings (SSSR count). The summed E-state index contributed by atoms with van der Waals surface area (Å²) >= 11 is 0. The Balaban J connectivity index is 1.87. The van der Waals surface area contributed by atoms with Crippen molar-refractivity contribution in [3.8, 4) is 11.5 Å². The van der Waals surface area contributed by atoms with E-state index in [2.05, 4.69) is 0 Å². The fourth-order valence-electron chi connectivity index (χ4n) is 1.82. The summed E-state index contributed by atoms with van der Waals surface area (Å²) in [7, 11) is 1.59. The number of anilines is 1. The highest BCUT2D eigenvalue weighted by Gasteiger charge is 2.07. The van der Waals surface area contributed by atoms with Gasteiger partial charge in [-0.25, -0.2) is 0 Å². The number of nitrogens with two attached hydrogens (primary N) is 1. The molecule has 0 aliphatic rings. The predicted molar refractivity (Wildman–Crippen MR) is 77.8 cm³/mol. The smallest absolute Gasteiger partial charge is 0.311 e. The van der Waals surface area contributed by atoms with Crippen LogP contribution in [0.1, 0.15) is 12.0 Å². The Bertz CT molecular complexity index is 579. The van der Waals surface area contributed by atoms with Gasteiger partial charge in [0.1, 0.15) is 11.5 Å². The van der Waals surface area contributed by atoms with Gasteiger partial charge in [-0.15, -0.1) is 0 Å². The molecule has 0 radical (unpaired) electrons. The van der Waals surface area contributed by atoms with Gasteiger partial charge in [0.15, 0.2) is 0 Å². The van der Waals surface area contributed by atoms with E-state index in [1.54, 1.807) is 31.4 Å². The van der Waals surface area contributed by atoms with Crippen molar-refractivity contribution < 1.29 is 14.3 Å². The second-order valence-electron chi connectivity index (χ2n) is 4.35. The molecule has 4 nitrogen and oxygen atoms in total. The van der Waals surface area contributed by atoms with Crippen LogP contribution in [0.4, 0.5) is 5.69 Å². The highest BCUT2D eigenvalue weighted by Crippen LogP contribution is 2.18. The lowest BCUT2D eigenvalue weighted by molar-refractivity contribution is -0.134. The molecule has 0 amide bonds. The first-order valence-electron chi connectivity index (χ1n) is 6.37. The van der Waals surface area contributed by atoms with E-state index in [0.29, 0.717) is 24.3 Å². The molecule has 0 aromatic heterocycles. The molecule has 0 heterocycles. The molecule has 2 N–H and O–H groups in total. The van der Waals surface area contributed by atoms with E-state index in [1.807, 2.05) is 24.3 Å². The lowest BCUT2D eigenvalue weighted by Crippen LogP contribution is -2.09. The number of ether oxygens (including phenoxy) is 2. The van der Waals surface area contributed by atoms with Gasteiger partial charge in [0.05, 0.1) is 13.5 Å². The van der Waals surface area contributed by atoms with Gasteiger partial charge in [-0.3, -0.25) is 4.79 Å². The lowest BCUT2D eigenvalue weighted by atomic mass is 10.1. The molecule has 0 unspecified atom stereocenters. The van der Waals surface area contributed by atoms with Crippen LogP contribution < -0.4 is 15.2 Å². The molecule has 2 aromatic carbocycles. The average molecular weight is 271 g/mol. The van der Waals surface area contributed by atoms with Crippen molar-refractivity contribution in [2.75, 3.05) is 12.8 Å². The Kier molecular flexibility index (Phi) is 4.60. The molecule has 104 valence electrons. The number of para-hydroxylation sites is 1. The van der Waals surface area contributed by atoms with Crippen LogP contribution in [-0.2, 0) is 11.2 Å². The molecule has 0 saturated carbocycles. The molecule has 20 heavy (non-hydrogen) atoms. The number of hydrogen-bond donors (Lipinski definition) is 1. The highest BCUT2D eigenvalue weighted by atomic mass is 16.5. The summed E-state index contributed by atoms with van der Waals surface area (Å²) in [6.45, 7) is 0. The standard InChI is InChI=1S/C16H17NO3/c1-19-13-7-9-14(10-8-13)20-16(18)11-6-12-4-2-3-5-15(12)17/h2-5,7-10H,6,11,17H2,1H3. The summed E-state index contributed by atoms with van der Waals surface area (Å²) in [5, 5.41) is 0. The summed E-state index contributed by atoms with van der Waals surface area (Å²) in [5.74, 6) is 0.956. The van der Waals surface area contributed by atoms with Crippen molar-refractivity contribution in [1.29, 1.82) is 0 Å². The van der Waals surface area contributed by atoms with Crippen LogP contribution in [0.3, 0.4) is 0 Å². The minimum Gasteiger partial charge on any atom is -0.497 e. The maximum atomic E-state index is 11.8. The van der Waals surface area contributed by atoms with Gasteiger partial charge in [0, 0.05) is 5.69 Å². The number of carbonyl (C=O) groups excluding carboxylic acids is 1. The Hall–Kier alpha value is -2.49. The van der Waals surface area contributed by atoms with Gasteiger partial charge in [0.2, 0.25) is 0 Å². The summed E-state index contributed by atoms with van der Waals surface area (Å²) < 4.78 is 10.3. The molecule has 2 aromatic rings. The Morgan fingerprint density at radius 1 is 1.05 bits per heavy atom. The van der Waals surface area contributed by atoms with Crippen LogP contribution in [0.5, 0.6) is 11.5 Å². The van der Waals surface area contributed by atoms with Crippen LogP contribution in [0, 0.1) is 0 Å². The van der Waals surface area contributed by atoms with Crippen molar-refractivity contribution >= 4 is 11.7 Å². The summed E-state index contributed by atoms with van der Waals surface area (Å²) in [6.07, 6.45) is 0.863. The fourth-order valence-corrected chi connectivity index (χ4v) is 1.82. The van der Waals surface area contributed by atoms with E-state index in [-0.39, 0.29) is 5.97 Å². The maximum Gasteiger partial charge on any atom is 0.311 e. The summed E-state index contributed by atoms with van der Waals surface area (Å²) in [6, 6.07) is 14.4. The number of carbonyl (C=O) groups is 1. The van der Waals surface area contributed by atoms with Crippen LogP contribution in [0.2, 0.25) is 0 Å². The zero-order chi connectivity index (χ0) is 14.4. The van der Waals surface area contributed by atoms with Gasteiger partial charge in [-0.05, 0) is 42.3 Å². The largest absolute Gasteiger partial charge is 0.497 e. The van der Waals surface area contributed by atoms with Gasteiger partial charge >= 0.3 is 5.97 Å². The molecule has 0 aliphatic carbocycles. The van der Waals surface area contributed by atoms with Crippen LogP contribution in [0.15, 0.2) is 48.5 Å². The maximum absolute atomic E-state index is 11.8. The van der Waals surface area contributed by atoms with Crippen LogP contribution in [-0.4, -0.2) is 13.1 Å². The fraction of sp³-hybridized carbons (Fsp3) is 0.188. The number of hydrogen-bond acceptors (Lipinski definition) is 4. The van der Waals surface area contributed by atoms with Crippen molar-refractivity contribution in [2.24, 2.45) is 0 Å². The topological polar surface area (TPSA) is 61.5 Å². The Labute approximate surface area is 118 Å². The zero-order valence-electron chi connectivity index (χ0n) is 11.3. The number of nitrogen functional groups attached to an aromatic ring is 1. The zero-order valence-corrected chi connectivity index (χ0v) is 11.3. The molecule has 0 bridgehead atoms. The van der Waals surface area contributed by atoms with Gasteiger partial charge in [0.25, 0.3) is 0 Å². The van der Waals surface area contributed by atoms with Crippen molar-refractivity contribution in [3.63, 3.8) is 0 Å². The van der Waals surface area contributed by atoms with Crippen LogP contribution in [0.25, 0.3) is 0 Å². The second kappa shape index (κ2) is 6.61. The van der Waals surface area contributed by atoms with Crippen molar-refractivity contribution in [1.82, 2.24) is 0 Å². The number of aryl methyl sites for hydroxylation is 1. The average Bonchev–Trinajstić information content (AvgIpc) is 2.47. The van der Waals surface area contributed by atoms with E-state index < -0.39 is 0 Å². The number of esters is 1. The van der Waals surface area contributed by atoms with E-state index in [0.717, 1.165) is 11.3 Å². The Morgan fingerprint density at radius 3 is 2.35 bits per heavy atom. The first-order valence-corrected chi connectivity index (χ1v) is 6.37. The third-order valence-corrected chi connectivity index (χ3v) is 2.94. The third kappa shape index (κ3) is 3.75. The molecule has 0 spiro atoms. The third-order valence-electron chi connectivity index (χ3n) is 2.94. The molecule has 0 aliphatic heterocycles. The SMILES string of the molecule is COc1ccc(OC(=O)CCc2ccccc2N)cc1. The minimum atomic E-state index is -0.279. The molecule has 0 atom stereocenters. The Morgan fingerprint density at radius 2 is 1.70 bits per heavy atom. The van der Waals surface area contributed by atoms with Crippen LogP contribution >= 0.6 is 0 Å². The minimum absolute atomic E-state index is 0.279. The number of methoxy groups -OCH3 is 1. The summed E-state index contributed by atoms with van der Waals surface area (Å²) in [5.41, 5.74) is 7.48. The number of benzene rings is 2. The molecular formula is C16H17NO3. The van der Waals surface area contributed by atoms with E-state index in [4.69, 9.17) is 15.2 Å². The lowest BCUT2D eigenvalue weighted by Gasteiger charge is -2.07. The van der Waals surface area contributed by atoms with Crippen molar-refractivity contribution in [3.05, 3.63) is 54.1 Å². The molecular weight excluding hydrogens is 254 g/mol. The quantitative estimate of drug-likeness (QED) is 0.516. The van der Waals surface area contributed by atoms with Gasteiger partial charge < -0.3 is 15.2 Å². The number of rotatable bonds is 5. The molecule has 0 fully saturated rings. The highest BCUT2D eigenvalue weighted by molar-refractivity contribution is 5.73. The monoisotopic (exact) mass is 271 g/mol. The normalized spacial score (nSPS) is 10.1. The van der Waals surface area contributed by atoms with E-state index >= 15 is 0 Å². The second-order valence-corrected chi connectivity index (χ2v) is 4.35.